The number of benzene rings is 2. The molecule has 0 saturated heterocycles. The van der Waals surface area contributed by atoms with E-state index in [0.717, 1.165) is 31.0 Å². The van der Waals surface area contributed by atoms with Crippen molar-refractivity contribution in [2.45, 2.75) is 62.7 Å². The molecular weight excluding hydrogens is 649 g/mol. The summed E-state index contributed by atoms with van der Waals surface area (Å²) in [4.78, 5) is 0. The molecule has 0 bridgehead atoms. The molecule has 0 nitrogen and oxygen atoms in total. The van der Waals surface area contributed by atoms with E-state index in [-0.39, 0.29) is 15.8 Å². The first-order chi connectivity index (χ1) is 17.6. The van der Waals surface area contributed by atoms with Gasteiger partial charge >= 0.3 is 243 Å². The Morgan fingerprint density at radius 1 is 0.541 bits per heavy atom. The normalized spacial score (nSPS) is 18.9. The van der Waals surface area contributed by atoms with Crippen LogP contribution in [-0.4, -0.2) is 24.6 Å². The Kier molecular flexibility index (Phi) is 10.7. The fourth-order valence-corrected chi connectivity index (χ4v) is 23.7. The van der Waals surface area contributed by atoms with Crippen LogP contribution in [0.15, 0.2) is 59.2 Å². The summed E-state index contributed by atoms with van der Waals surface area (Å²) >= 11 is -1.16. The number of rotatable bonds is 12. The Morgan fingerprint density at radius 3 is 1.19 bits per heavy atom. The van der Waals surface area contributed by atoms with Crippen molar-refractivity contribution in [3.8, 4) is 0 Å². The van der Waals surface area contributed by atoms with Crippen LogP contribution in [0.25, 0.3) is 12.2 Å². The topological polar surface area (TPSA) is 0 Å². The first kappa shape index (κ1) is 29.6. The van der Waals surface area contributed by atoms with Crippen LogP contribution < -0.4 is 0 Å². The van der Waals surface area contributed by atoms with Crippen LogP contribution >= 0.6 is 15.8 Å². The molecule has 198 valence electrons. The first-order valence-electron chi connectivity index (χ1n) is 14.5. The van der Waals surface area contributed by atoms with Gasteiger partial charge in [-0.1, -0.05) is 0 Å². The van der Waals surface area contributed by atoms with Crippen molar-refractivity contribution >= 4 is 28.0 Å². The van der Waals surface area contributed by atoms with Crippen molar-refractivity contribution in [1.82, 2.24) is 0 Å². The van der Waals surface area contributed by atoms with E-state index >= 15 is 0 Å². The molecule has 37 heavy (non-hydrogen) atoms. The van der Waals surface area contributed by atoms with Gasteiger partial charge in [-0.2, -0.15) is 0 Å². The summed E-state index contributed by atoms with van der Waals surface area (Å²) in [5.41, 5.74) is 6.44. The molecule has 0 amide bonds. The second-order valence-corrected chi connectivity index (χ2v) is 22.8. The van der Waals surface area contributed by atoms with Crippen LogP contribution in [0.2, 0.25) is 0 Å². The monoisotopic (exact) mass is 698 g/mol. The maximum absolute atomic E-state index is 2.68. The molecule has 2 unspecified atom stereocenters. The van der Waals surface area contributed by atoms with Crippen molar-refractivity contribution < 1.29 is 22.9 Å². The molecule has 0 radical (unpaired) electrons. The van der Waals surface area contributed by atoms with Crippen LogP contribution in [0.1, 0.15) is 85.0 Å². The van der Waals surface area contributed by atoms with Crippen LogP contribution in [0, 0.1) is 23.7 Å². The molecule has 0 heterocycles. The Morgan fingerprint density at radius 2 is 0.865 bits per heavy atom. The van der Waals surface area contributed by atoms with Gasteiger partial charge in [0.25, 0.3) is 0 Å². The molecule has 0 fully saturated rings. The van der Waals surface area contributed by atoms with Crippen LogP contribution in [0.5, 0.6) is 0 Å². The summed E-state index contributed by atoms with van der Waals surface area (Å²) in [5.74, 6) is 3.10. The summed E-state index contributed by atoms with van der Waals surface area (Å²) in [7, 11) is -0.151. The van der Waals surface area contributed by atoms with Crippen LogP contribution in [-0.2, 0) is 22.9 Å². The summed E-state index contributed by atoms with van der Waals surface area (Å²) in [6.07, 6.45) is 10.9. The third-order valence-electron chi connectivity index (χ3n) is 7.22. The zero-order chi connectivity index (χ0) is 26.7. The van der Waals surface area contributed by atoms with Gasteiger partial charge in [-0.05, 0) is 0 Å². The Labute approximate surface area is 242 Å². The van der Waals surface area contributed by atoms with Gasteiger partial charge < -0.3 is 0 Å². The second-order valence-electron chi connectivity index (χ2n) is 12.8. The Hall–Kier alpha value is -0.350. The van der Waals surface area contributed by atoms with E-state index in [4.69, 9.17) is 0 Å². The zero-order valence-electron chi connectivity index (χ0n) is 24.5. The van der Waals surface area contributed by atoms with Gasteiger partial charge in [-0.3, -0.25) is 0 Å². The van der Waals surface area contributed by atoms with Crippen molar-refractivity contribution in [3.63, 3.8) is 0 Å². The summed E-state index contributed by atoms with van der Waals surface area (Å²) in [6.45, 7) is 19.5. The molecule has 2 atom stereocenters. The van der Waals surface area contributed by atoms with Gasteiger partial charge in [-0.15, -0.1) is 0 Å². The average molecular weight is 697 g/mol. The summed E-state index contributed by atoms with van der Waals surface area (Å²) in [6, 6.07) is 18.9. The summed E-state index contributed by atoms with van der Waals surface area (Å²) in [5, 5.41) is 3.76. The van der Waals surface area contributed by atoms with Gasteiger partial charge in [0, 0.05) is 0 Å². The van der Waals surface area contributed by atoms with Gasteiger partial charge in [0.05, 0.1) is 0 Å². The van der Waals surface area contributed by atoms with Crippen molar-refractivity contribution in [2.75, 3.05) is 24.6 Å². The van der Waals surface area contributed by atoms with E-state index in [2.05, 4.69) is 116 Å². The molecule has 2 aromatic carbocycles. The fourth-order valence-electron chi connectivity index (χ4n) is 6.01. The molecule has 0 aromatic heterocycles. The summed E-state index contributed by atoms with van der Waals surface area (Å²) < 4.78 is 1.52. The molecular formula is C34H48HfP2. The van der Waals surface area contributed by atoms with Crippen LogP contribution in [0.4, 0.5) is 0 Å². The van der Waals surface area contributed by atoms with E-state index in [1.54, 1.807) is 22.3 Å². The molecule has 2 aliphatic carbocycles. The predicted octanol–water partition coefficient (Wildman–Crippen LogP) is 10.8. The van der Waals surface area contributed by atoms with E-state index in [0.29, 0.717) is 0 Å². The first-order valence-corrected chi connectivity index (χ1v) is 22.1. The SMILES string of the molecule is CC(C)CP(CC(C)C)C1=Cc2ccccc2[CH]1[Hf][CH]1C(P(CC(C)C)CC(C)C)=Cc2ccccc21. The third-order valence-corrected chi connectivity index (χ3v) is 22.7. The van der Waals surface area contributed by atoms with Gasteiger partial charge in [-0.25, -0.2) is 0 Å². The predicted molar refractivity (Wildman–Crippen MR) is 167 cm³/mol. The quantitative estimate of drug-likeness (QED) is 0.153. The Balaban J connectivity index is 1.74. The minimum atomic E-state index is -1.16. The number of fused-ring (bicyclic) bond motifs is 2. The molecule has 2 aromatic rings. The molecule has 0 N–H and O–H groups in total. The molecule has 0 aliphatic heterocycles. The third kappa shape index (κ3) is 7.44. The van der Waals surface area contributed by atoms with Crippen molar-refractivity contribution in [3.05, 3.63) is 81.4 Å². The molecule has 2 aliphatic rings. The zero-order valence-corrected chi connectivity index (χ0v) is 29.8. The number of hydrogen-bond acceptors (Lipinski definition) is 0. The molecule has 3 heteroatoms. The number of hydrogen-bond donors (Lipinski definition) is 0. The van der Waals surface area contributed by atoms with E-state index < -0.39 is 22.9 Å². The van der Waals surface area contributed by atoms with Gasteiger partial charge in [0.1, 0.15) is 0 Å². The fraction of sp³-hybridized carbons (Fsp3) is 0.529. The van der Waals surface area contributed by atoms with Crippen molar-refractivity contribution in [1.29, 1.82) is 0 Å². The van der Waals surface area contributed by atoms with Gasteiger partial charge in [0.2, 0.25) is 0 Å². The van der Waals surface area contributed by atoms with Crippen LogP contribution in [0.3, 0.4) is 0 Å². The number of allylic oxidation sites excluding steroid dienone is 2. The maximum atomic E-state index is 2.68. The van der Waals surface area contributed by atoms with Crippen molar-refractivity contribution in [2.24, 2.45) is 23.7 Å². The minimum absolute atomic E-state index is 0.0757. The average Bonchev–Trinajstić information content (AvgIpc) is 3.36. The van der Waals surface area contributed by atoms with E-state index in [1.807, 2.05) is 10.6 Å². The standard InChI is InChI=1S/2C17H24P.Hf/c2*1-13(2)11-18(12-14(3)4)17-9-15-7-5-6-8-16(15)10-17;/h2*5-10,13-14H,11-12H2,1-4H3;. The van der Waals surface area contributed by atoms with E-state index in [9.17, 15) is 0 Å². The molecule has 0 saturated carbocycles. The molecule has 0 spiro atoms. The van der Waals surface area contributed by atoms with Gasteiger partial charge in [0.15, 0.2) is 0 Å². The molecule has 4 rings (SSSR count). The van der Waals surface area contributed by atoms with E-state index in [1.165, 1.54) is 24.6 Å². The Bertz CT molecular complexity index is 1000. The second kappa shape index (κ2) is 13.3.